The largest absolute Gasteiger partial charge is 0.378 e. The lowest BCUT2D eigenvalue weighted by Gasteiger charge is -2.12. The molecule has 1 atom stereocenters. The molecule has 154 valence electrons. The van der Waals surface area contributed by atoms with Gasteiger partial charge < -0.3 is 10.1 Å². The van der Waals surface area contributed by atoms with Gasteiger partial charge in [0.2, 0.25) is 0 Å². The molecular weight excluding hydrogens is 318 g/mol. The van der Waals surface area contributed by atoms with E-state index < -0.39 is 0 Å². The van der Waals surface area contributed by atoms with Gasteiger partial charge in [0.25, 0.3) is 0 Å². The number of hydrogen-bond acceptors (Lipinski definition) is 2. The minimum Gasteiger partial charge on any atom is -0.378 e. The van der Waals surface area contributed by atoms with Crippen LogP contribution in [0, 0.1) is 0 Å². The van der Waals surface area contributed by atoms with Crippen molar-refractivity contribution in [3.63, 3.8) is 0 Å². The first-order valence-electron chi connectivity index (χ1n) is 11.4. The van der Waals surface area contributed by atoms with Gasteiger partial charge in [-0.15, -0.1) is 0 Å². The van der Waals surface area contributed by atoms with Crippen LogP contribution in [0.3, 0.4) is 0 Å². The van der Waals surface area contributed by atoms with E-state index in [0.29, 0.717) is 6.10 Å². The van der Waals surface area contributed by atoms with Gasteiger partial charge in [-0.05, 0) is 65.5 Å². The molecule has 0 bridgehead atoms. The standard InChI is InChI=1S/C24H47NO/c1-4-5-6-7-8-9-10-11-12-13-14-15-16-17-18-19-21-24(2)26-23-20-22-25-3/h8-9,11-12,24-25H,4-7,10,13-23H2,1-3H3/b9-8-,12-11-. The second kappa shape index (κ2) is 22.4. The van der Waals surface area contributed by atoms with Crippen molar-refractivity contribution in [1.29, 1.82) is 0 Å². The molecule has 0 aromatic rings. The lowest BCUT2D eigenvalue weighted by atomic mass is 10.1. The fourth-order valence-corrected chi connectivity index (χ4v) is 3.04. The number of hydrogen-bond donors (Lipinski definition) is 1. The Morgan fingerprint density at radius 3 is 2.04 bits per heavy atom. The normalized spacial score (nSPS) is 13.2. The van der Waals surface area contributed by atoms with E-state index in [0.717, 1.165) is 26.0 Å². The third kappa shape index (κ3) is 21.4. The van der Waals surface area contributed by atoms with E-state index in [1.165, 1.54) is 77.0 Å². The highest BCUT2D eigenvalue weighted by Gasteiger charge is 2.01. The van der Waals surface area contributed by atoms with Gasteiger partial charge >= 0.3 is 0 Å². The molecule has 26 heavy (non-hydrogen) atoms. The molecule has 0 aromatic heterocycles. The zero-order valence-corrected chi connectivity index (χ0v) is 18.1. The molecule has 0 amide bonds. The summed E-state index contributed by atoms with van der Waals surface area (Å²) in [5.74, 6) is 0. The molecule has 0 heterocycles. The van der Waals surface area contributed by atoms with Gasteiger partial charge in [-0.1, -0.05) is 76.2 Å². The van der Waals surface area contributed by atoms with Crippen LogP contribution >= 0.6 is 0 Å². The van der Waals surface area contributed by atoms with Gasteiger partial charge in [-0.3, -0.25) is 0 Å². The van der Waals surface area contributed by atoms with Crippen molar-refractivity contribution in [1.82, 2.24) is 5.32 Å². The molecular formula is C24H47NO. The summed E-state index contributed by atoms with van der Waals surface area (Å²) in [5, 5.41) is 3.16. The summed E-state index contributed by atoms with van der Waals surface area (Å²) in [6, 6.07) is 0. The van der Waals surface area contributed by atoms with Crippen molar-refractivity contribution in [2.24, 2.45) is 0 Å². The molecule has 0 aliphatic carbocycles. The predicted molar refractivity (Wildman–Crippen MR) is 118 cm³/mol. The third-order valence-corrected chi connectivity index (χ3v) is 4.78. The Kier molecular flexibility index (Phi) is 21.9. The maximum atomic E-state index is 5.82. The topological polar surface area (TPSA) is 21.3 Å². The molecule has 0 aromatic carbocycles. The maximum Gasteiger partial charge on any atom is 0.0547 e. The van der Waals surface area contributed by atoms with E-state index >= 15 is 0 Å². The Hall–Kier alpha value is -0.600. The first-order chi connectivity index (χ1) is 12.8. The first-order valence-corrected chi connectivity index (χ1v) is 11.4. The molecule has 1 unspecified atom stereocenters. The van der Waals surface area contributed by atoms with Gasteiger partial charge in [0.15, 0.2) is 0 Å². The number of unbranched alkanes of at least 4 members (excludes halogenated alkanes) is 9. The van der Waals surface area contributed by atoms with E-state index in [2.05, 4.69) is 43.5 Å². The summed E-state index contributed by atoms with van der Waals surface area (Å²) < 4.78 is 5.82. The van der Waals surface area contributed by atoms with Crippen molar-refractivity contribution >= 4 is 0 Å². The first kappa shape index (κ1) is 25.4. The van der Waals surface area contributed by atoms with Crippen molar-refractivity contribution in [3.05, 3.63) is 24.3 Å². The van der Waals surface area contributed by atoms with Crippen molar-refractivity contribution in [2.45, 2.75) is 110 Å². The second-order valence-corrected chi connectivity index (χ2v) is 7.51. The summed E-state index contributed by atoms with van der Waals surface area (Å²) in [6.07, 6.45) is 27.9. The highest BCUT2D eigenvalue weighted by molar-refractivity contribution is 4.92. The molecule has 0 spiro atoms. The molecule has 0 aliphatic rings. The summed E-state index contributed by atoms with van der Waals surface area (Å²) in [7, 11) is 1.99. The number of rotatable bonds is 20. The van der Waals surface area contributed by atoms with Crippen LogP contribution in [0.5, 0.6) is 0 Å². The number of allylic oxidation sites excluding steroid dienone is 4. The van der Waals surface area contributed by atoms with Gasteiger partial charge in [-0.25, -0.2) is 0 Å². The Morgan fingerprint density at radius 1 is 0.769 bits per heavy atom. The molecule has 0 rings (SSSR count). The second-order valence-electron chi connectivity index (χ2n) is 7.51. The lowest BCUT2D eigenvalue weighted by Crippen LogP contribution is -2.14. The summed E-state index contributed by atoms with van der Waals surface area (Å²) in [6.45, 7) is 6.42. The molecule has 2 heteroatoms. The van der Waals surface area contributed by atoms with Crippen molar-refractivity contribution in [3.8, 4) is 0 Å². The maximum absolute atomic E-state index is 5.82. The van der Waals surface area contributed by atoms with E-state index in [1.54, 1.807) is 0 Å². The molecule has 0 aliphatic heterocycles. The van der Waals surface area contributed by atoms with Gasteiger partial charge in [0.1, 0.15) is 0 Å². The van der Waals surface area contributed by atoms with Gasteiger partial charge in [0, 0.05) is 6.61 Å². The zero-order valence-electron chi connectivity index (χ0n) is 18.1. The van der Waals surface area contributed by atoms with Crippen LogP contribution in [0.25, 0.3) is 0 Å². The van der Waals surface area contributed by atoms with Crippen LogP contribution in [0.2, 0.25) is 0 Å². The molecule has 0 fully saturated rings. The average Bonchev–Trinajstić information content (AvgIpc) is 2.65. The van der Waals surface area contributed by atoms with E-state index in [-0.39, 0.29) is 0 Å². The van der Waals surface area contributed by atoms with Crippen molar-refractivity contribution < 1.29 is 4.74 Å². The van der Waals surface area contributed by atoms with Crippen LogP contribution in [0.4, 0.5) is 0 Å². The average molecular weight is 366 g/mol. The fourth-order valence-electron chi connectivity index (χ4n) is 3.04. The van der Waals surface area contributed by atoms with Gasteiger partial charge in [0.05, 0.1) is 6.10 Å². The Morgan fingerprint density at radius 2 is 1.38 bits per heavy atom. The Balaban J connectivity index is 3.22. The lowest BCUT2D eigenvalue weighted by molar-refractivity contribution is 0.0571. The number of ether oxygens (including phenoxy) is 1. The van der Waals surface area contributed by atoms with Crippen LogP contribution in [-0.4, -0.2) is 26.3 Å². The predicted octanol–water partition coefficient (Wildman–Crippen LogP) is 7.20. The fraction of sp³-hybridized carbons (Fsp3) is 0.833. The van der Waals surface area contributed by atoms with Crippen molar-refractivity contribution in [2.75, 3.05) is 20.2 Å². The minimum atomic E-state index is 0.428. The molecule has 1 N–H and O–H groups in total. The van der Waals surface area contributed by atoms with Crippen LogP contribution in [-0.2, 0) is 4.74 Å². The molecule has 2 nitrogen and oxygen atoms in total. The van der Waals surface area contributed by atoms with E-state index in [1.807, 2.05) is 7.05 Å². The monoisotopic (exact) mass is 365 g/mol. The van der Waals surface area contributed by atoms with E-state index in [4.69, 9.17) is 4.74 Å². The zero-order chi connectivity index (χ0) is 19.1. The highest BCUT2D eigenvalue weighted by Crippen LogP contribution is 2.11. The summed E-state index contributed by atoms with van der Waals surface area (Å²) >= 11 is 0. The van der Waals surface area contributed by atoms with E-state index in [9.17, 15) is 0 Å². The smallest absolute Gasteiger partial charge is 0.0547 e. The molecule has 0 saturated carbocycles. The third-order valence-electron chi connectivity index (χ3n) is 4.78. The Bertz CT molecular complexity index is 311. The Labute approximate surface area is 164 Å². The number of nitrogens with one attached hydrogen (secondary N) is 1. The summed E-state index contributed by atoms with van der Waals surface area (Å²) in [4.78, 5) is 0. The summed E-state index contributed by atoms with van der Waals surface area (Å²) in [5.41, 5.74) is 0. The molecule has 0 radical (unpaired) electrons. The van der Waals surface area contributed by atoms with Crippen LogP contribution in [0.15, 0.2) is 24.3 Å². The van der Waals surface area contributed by atoms with Gasteiger partial charge in [-0.2, -0.15) is 0 Å². The van der Waals surface area contributed by atoms with Crippen LogP contribution in [0.1, 0.15) is 104 Å². The van der Waals surface area contributed by atoms with Crippen LogP contribution < -0.4 is 5.32 Å². The quantitative estimate of drug-likeness (QED) is 0.182. The molecule has 0 saturated heterocycles. The SMILES string of the molecule is CCCCC/C=C\C/C=C\CCCCCCCCC(C)OCCCNC. The highest BCUT2D eigenvalue weighted by atomic mass is 16.5. The minimum absolute atomic E-state index is 0.428.